The fourth-order valence-corrected chi connectivity index (χ4v) is 6.83. The van der Waals surface area contributed by atoms with E-state index in [-0.39, 0.29) is 35.2 Å². The van der Waals surface area contributed by atoms with E-state index in [1.165, 1.54) is 30.8 Å². The number of carbonyl (C=O) groups excluding carboxylic acids is 2. The van der Waals surface area contributed by atoms with Crippen LogP contribution in [0.25, 0.3) is 0 Å². The molecular formula is C31H43NO7S2. The van der Waals surface area contributed by atoms with Gasteiger partial charge >= 0.3 is 5.97 Å². The number of carbonyl (C=O) groups is 2. The van der Waals surface area contributed by atoms with Crippen LogP contribution in [0.3, 0.4) is 0 Å². The van der Waals surface area contributed by atoms with Gasteiger partial charge in [-0.05, 0) is 70.7 Å². The molecule has 8 nitrogen and oxygen atoms in total. The maximum absolute atomic E-state index is 13.0. The van der Waals surface area contributed by atoms with Crippen molar-refractivity contribution in [2.45, 2.75) is 94.8 Å². The van der Waals surface area contributed by atoms with Gasteiger partial charge in [0, 0.05) is 18.2 Å². The molecule has 1 heterocycles. The first-order valence-electron chi connectivity index (χ1n) is 13.9. The van der Waals surface area contributed by atoms with E-state index in [0.717, 1.165) is 10.5 Å². The molecule has 0 aromatic heterocycles. The average Bonchev–Trinajstić information content (AvgIpc) is 2.88. The highest BCUT2D eigenvalue weighted by molar-refractivity contribution is 8.00. The predicted molar refractivity (Wildman–Crippen MR) is 160 cm³/mol. The Bertz CT molecular complexity index is 1290. The quantitative estimate of drug-likeness (QED) is 0.270. The maximum atomic E-state index is 13.0. The fourth-order valence-electron chi connectivity index (χ4n) is 4.64. The van der Waals surface area contributed by atoms with Crippen LogP contribution in [0.1, 0.15) is 60.5 Å². The lowest BCUT2D eigenvalue weighted by Crippen LogP contribution is -2.62. The van der Waals surface area contributed by atoms with Crippen LogP contribution in [0.15, 0.2) is 64.4 Å². The van der Waals surface area contributed by atoms with Gasteiger partial charge in [0.05, 0.1) is 29.1 Å². The minimum atomic E-state index is -3.96. The van der Waals surface area contributed by atoms with Gasteiger partial charge in [-0.15, -0.1) is 0 Å². The van der Waals surface area contributed by atoms with E-state index in [1.807, 2.05) is 58.0 Å². The van der Waals surface area contributed by atoms with Crippen LogP contribution in [0.2, 0.25) is 0 Å². The zero-order chi connectivity index (χ0) is 30.6. The van der Waals surface area contributed by atoms with Crippen molar-refractivity contribution >= 4 is 33.8 Å². The van der Waals surface area contributed by atoms with Gasteiger partial charge in [0.25, 0.3) is 10.1 Å². The van der Waals surface area contributed by atoms with Crippen molar-refractivity contribution in [1.82, 2.24) is 5.32 Å². The summed E-state index contributed by atoms with van der Waals surface area (Å²) >= 11 is 1.52. The zero-order valence-corrected chi connectivity index (χ0v) is 26.8. The molecule has 1 unspecified atom stereocenters. The third-order valence-corrected chi connectivity index (χ3v) is 9.74. The van der Waals surface area contributed by atoms with Gasteiger partial charge in [0.1, 0.15) is 11.0 Å². The van der Waals surface area contributed by atoms with Crippen molar-refractivity contribution in [3.63, 3.8) is 0 Å². The Hall–Kier alpha value is -2.40. The molecule has 3 rings (SSSR count). The molecule has 6 atom stereocenters. The van der Waals surface area contributed by atoms with Crippen LogP contribution in [-0.2, 0) is 33.4 Å². The molecule has 1 aliphatic heterocycles. The smallest absolute Gasteiger partial charge is 0.311 e. The van der Waals surface area contributed by atoms with E-state index in [0.29, 0.717) is 6.42 Å². The van der Waals surface area contributed by atoms with E-state index in [9.17, 15) is 18.0 Å². The Morgan fingerprint density at radius 3 is 2.27 bits per heavy atom. The number of rotatable bonds is 10. The summed E-state index contributed by atoms with van der Waals surface area (Å²) in [6.45, 7) is 14.3. The van der Waals surface area contributed by atoms with E-state index < -0.39 is 38.7 Å². The SMILES string of the molecule is CC(=O)N[C@H]1C([C@H](C)[C@H](C)COS(=O)(=O)c2ccc(C)cc2)O[C@@](C)(Sc2ccccc2)C[C@H]1OC(=O)C(C)(C)C. The molecule has 2 aromatic rings. The Labute approximate surface area is 249 Å². The molecule has 0 bridgehead atoms. The summed E-state index contributed by atoms with van der Waals surface area (Å²) in [5.41, 5.74) is 0.205. The van der Waals surface area contributed by atoms with Crippen molar-refractivity contribution in [2.24, 2.45) is 17.3 Å². The second kappa shape index (κ2) is 13.3. The fraction of sp³-hybridized carbons (Fsp3) is 0.548. The number of amides is 1. The molecule has 2 aromatic carbocycles. The van der Waals surface area contributed by atoms with Crippen LogP contribution < -0.4 is 5.32 Å². The summed E-state index contributed by atoms with van der Waals surface area (Å²) < 4.78 is 44.0. The van der Waals surface area contributed by atoms with Crippen LogP contribution in [0, 0.1) is 24.2 Å². The van der Waals surface area contributed by atoms with Crippen LogP contribution in [-0.4, -0.2) is 50.1 Å². The summed E-state index contributed by atoms with van der Waals surface area (Å²) in [5.74, 6) is -1.23. The molecule has 41 heavy (non-hydrogen) atoms. The Kier molecular flexibility index (Phi) is 10.7. The number of benzene rings is 2. The third kappa shape index (κ3) is 9.04. The molecule has 1 N–H and O–H groups in total. The first-order chi connectivity index (χ1) is 19.0. The summed E-state index contributed by atoms with van der Waals surface area (Å²) in [6, 6.07) is 15.6. The van der Waals surface area contributed by atoms with Gasteiger partial charge in [-0.25, -0.2) is 0 Å². The highest BCUT2D eigenvalue weighted by atomic mass is 32.2. The second-order valence-electron chi connectivity index (χ2n) is 12.1. The molecule has 10 heteroatoms. The van der Waals surface area contributed by atoms with Gasteiger partial charge in [-0.2, -0.15) is 8.42 Å². The van der Waals surface area contributed by atoms with Crippen LogP contribution >= 0.6 is 11.8 Å². The summed E-state index contributed by atoms with van der Waals surface area (Å²) in [7, 11) is -3.96. The molecule has 1 saturated heterocycles. The first-order valence-corrected chi connectivity index (χ1v) is 16.1. The van der Waals surface area contributed by atoms with Crippen molar-refractivity contribution in [1.29, 1.82) is 0 Å². The lowest BCUT2D eigenvalue weighted by atomic mass is 9.82. The summed E-state index contributed by atoms with van der Waals surface area (Å²) in [6.07, 6.45) is -0.931. The van der Waals surface area contributed by atoms with E-state index in [2.05, 4.69) is 5.32 Å². The van der Waals surface area contributed by atoms with Crippen LogP contribution in [0.5, 0.6) is 0 Å². The van der Waals surface area contributed by atoms with Gasteiger partial charge in [-0.3, -0.25) is 13.8 Å². The summed E-state index contributed by atoms with van der Waals surface area (Å²) in [4.78, 5) is 25.7. The number of thioether (sulfide) groups is 1. The molecular weight excluding hydrogens is 562 g/mol. The van der Waals surface area contributed by atoms with Crippen molar-refractivity contribution in [3.8, 4) is 0 Å². The Morgan fingerprint density at radius 1 is 1.10 bits per heavy atom. The molecule has 0 saturated carbocycles. The molecule has 1 fully saturated rings. The molecule has 0 spiro atoms. The number of aryl methyl sites for hydroxylation is 1. The zero-order valence-electron chi connectivity index (χ0n) is 25.2. The number of ether oxygens (including phenoxy) is 2. The highest BCUT2D eigenvalue weighted by Crippen LogP contribution is 2.45. The number of hydrogen-bond acceptors (Lipinski definition) is 8. The lowest BCUT2D eigenvalue weighted by Gasteiger charge is -2.49. The van der Waals surface area contributed by atoms with Crippen molar-refractivity contribution < 1.29 is 31.7 Å². The van der Waals surface area contributed by atoms with E-state index in [1.54, 1.807) is 32.9 Å². The maximum Gasteiger partial charge on any atom is 0.311 e. The highest BCUT2D eigenvalue weighted by Gasteiger charge is 2.50. The molecule has 1 aliphatic rings. The largest absolute Gasteiger partial charge is 0.460 e. The van der Waals surface area contributed by atoms with Gasteiger partial charge in [0.15, 0.2) is 0 Å². The van der Waals surface area contributed by atoms with Gasteiger partial charge in [-0.1, -0.05) is 61.5 Å². The lowest BCUT2D eigenvalue weighted by molar-refractivity contribution is -0.188. The topological polar surface area (TPSA) is 108 Å². The average molecular weight is 606 g/mol. The molecule has 1 amide bonds. The minimum Gasteiger partial charge on any atom is -0.460 e. The normalized spacial score (nSPS) is 24.7. The molecule has 0 radical (unpaired) electrons. The Morgan fingerprint density at radius 2 is 1.71 bits per heavy atom. The number of nitrogens with one attached hydrogen (secondary N) is 1. The van der Waals surface area contributed by atoms with Crippen molar-refractivity contribution in [2.75, 3.05) is 6.61 Å². The van der Waals surface area contributed by atoms with Gasteiger partial charge in [0.2, 0.25) is 5.91 Å². The van der Waals surface area contributed by atoms with Gasteiger partial charge < -0.3 is 14.8 Å². The van der Waals surface area contributed by atoms with E-state index in [4.69, 9.17) is 13.7 Å². The monoisotopic (exact) mass is 605 g/mol. The third-order valence-electron chi connectivity index (χ3n) is 7.24. The van der Waals surface area contributed by atoms with Crippen molar-refractivity contribution in [3.05, 3.63) is 60.2 Å². The second-order valence-corrected chi connectivity index (χ2v) is 15.3. The predicted octanol–water partition coefficient (Wildman–Crippen LogP) is 5.73. The van der Waals surface area contributed by atoms with E-state index >= 15 is 0 Å². The number of hydrogen-bond donors (Lipinski definition) is 1. The Balaban J connectivity index is 1.90. The minimum absolute atomic E-state index is 0.0843. The number of esters is 1. The van der Waals surface area contributed by atoms with Crippen LogP contribution in [0.4, 0.5) is 0 Å². The molecule has 0 aliphatic carbocycles. The first kappa shape index (κ1) is 33.1. The summed E-state index contributed by atoms with van der Waals surface area (Å²) in [5, 5.41) is 2.97. The standard InChI is InChI=1S/C31H43NO7S2/c1-20-14-16-25(17-15-20)41(35,36)37-19-21(2)22(3)28-27(32-23(4)33)26(38-29(34)30(5,6)7)18-31(8,39-28)40-24-12-10-9-11-13-24/h9-17,21-22,26-28H,18-19H2,1-8H3,(H,32,33)/t21-,22-,26-,27-,28?,31+/m1/s1. The molecule has 226 valence electrons.